The predicted molar refractivity (Wildman–Crippen MR) is 71.0 cm³/mol. The van der Waals surface area contributed by atoms with Gasteiger partial charge in [0.25, 0.3) is 11.6 Å². The Morgan fingerprint density at radius 1 is 1.47 bits per heavy atom. The number of aliphatic hydroxyl groups is 1. The molecule has 0 heterocycles. The van der Waals surface area contributed by atoms with Crippen LogP contribution < -0.4 is 5.32 Å². The SMILES string of the molecule is Cc1ccc([N+](=O)[O-])cc1C(=O)NC(CO)C(C)C. The van der Waals surface area contributed by atoms with Crippen molar-refractivity contribution in [2.45, 2.75) is 26.8 Å². The van der Waals surface area contributed by atoms with E-state index in [1.54, 1.807) is 6.92 Å². The average Bonchev–Trinajstić information content (AvgIpc) is 2.35. The molecule has 2 N–H and O–H groups in total. The van der Waals surface area contributed by atoms with Gasteiger partial charge >= 0.3 is 0 Å². The van der Waals surface area contributed by atoms with Crippen LogP contribution in [0.25, 0.3) is 0 Å². The van der Waals surface area contributed by atoms with Crippen molar-refractivity contribution >= 4 is 11.6 Å². The molecule has 6 nitrogen and oxygen atoms in total. The molecule has 1 atom stereocenters. The van der Waals surface area contributed by atoms with E-state index in [2.05, 4.69) is 5.32 Å². The number of nitro groups is 1. The number of hydrogen-bond donors (Lipinski definition) is 2. The number of amides is 1. The minimum atomic E-state index is -0.539. The molecule has 0 aliphatic carbocycles. The van der Waals surface area contributed by atoms with Crippen LogP contribution in [-0.2, 0) is 0 Å². The average molecular weight is 266 g/mol. The zero-order valence-corrected chi connectivity index (χ0v) is 11.2. The van der Waals surface area contributed by atoms with Crippen LogP contribution in [0.2, 0.25) is 0 Å². The van der Waals surface area contributed by atoms with E-state index in [9.17, 15) is 20.0 Å². The summed E-state index contributed by atoms with van der Waals surface area (Å²) in [5.74, 6) is -0.332. The first-order chi connectivity index (χ1) is 8.86. The van der Waals surface area contributed by atoms with Gasteiger partial charge in [0.15, 0.2) is 0 Å². The van der Waals surface area contributed by atoms with Crippen LogP contribution in [0.1, 0.15) is 29.8 Å². The highest BCUT2D eigenvalue weighted by Crippen LogP contribution is 2.17. The molecule has 0 aliphatic rings. The molecule has 1 amide bonds. The summed E-state index contributed by atoms with van der Waals surface area (Å²) in [6.45, 7) is 5.29. The summed E-state index contributed by atoms with van der Waals surface area (Å²) in [5.41, 5.74) is 0.790. The molecule has 19 heavy (non-hydrogen) atoms. The van der Waals surface area contributed by atoms with Gasteiger partial charge in [0.05, 0.1) is 17.6 Å². The molecule has 1 aromatic rings. The Morgan fingerprint density at radius 3 is 2.58 bits per heavy atom. The molecule has 0 radical (unpaired) electrons. The number of aliphatic hydroxyl groups excluding tert-OH is 1. The van der Waals surface area contributed by atoms with E-state index in [1.807, 2.05) is 13.8 Å². The molecule has 0 fully saturated rings. The third kappa shape index (κ3) is 3.75. The third-order valence-electron chi connectivity index (χ3n) is 2.99. The van der Waals surface area contributed by atoms with Crippen molar-refractivity contribution in [3.8, 4) is 0 Å². The number of nitrogens with one attached hydrogen (secondary N) is 1. The fourth-order valence-electron chi connectivity index (χ4n) is 1.64. The monoisotopic (exact) mass is 266 g/mol. The molecule has 1 rings (SSSR count). The smallest absolute Gasteiger partial charge is 0.270 e. The summed E-state index contributed by atoms with van der Waals surface area (Å²) in [7, 11) is 0. The van der Waals surface area contributed by atoms with E-state index in [0.29, 0.717) is 5.56 Å². The lowest BCUT2D eigenvalue weighted by atomic mass is 10.0. The maximum atomic E-state index is 12.1. The molecule has 1 aromatic carbocycles. The number of carbonyl (C=O) groups excluding carboxylic acids is 1. The van der Waals surface area contributed by atoms with Crippen molar-refractivity contribution < 1.29 is 14.8 Å². The van der Waals surface area contributed by atoms with Gasteiger partial charge in [0, 0.05) is 17.7 Å². The van der Waals surface area contributed by atoms with E-state index in [4.69, 9.17) is 0 Å². The number of benzene rings is 1. The first-order valence-corrected chi connectivity index (χ1v) is 6.03. The van der Waals surface area contributed by atoms with Crippen LogP contribution in [-0.4, -0.2) is 28.6 Å². The highest BCUT2D eigenvalue weighted by atomic mass is 16.6. The van der Waals surface area contributed by atoms with E-state index in [1.165, 1.54) is 18.2 Å². The Morgan fingerprint density at radius 2 is 2.11 bits per heavy atom. The first kappa shape index (κ1) is 15.1. The minimum absolute atomic E-state index is 0.0768. The Kier molecular flexibility index (Phi) is 5.00. The molecule has 0 aromatic heterocycles. The summed E-state index contributed by atoms with van der Waals surface area (Å²) in [6, 6.07) is 3.78. The molecular formula is C13H18N2O4. The Labute approximate surface area is 111 Å². The Balaban J connectivity index is 2.99. The van der Waals surface area contributed by atoms with Crippen LogP contribution >= 0.6 is 0 Å². The topological polar surface area (TPSA) is 92.5 Å². The third-order valence-corrected chi connectivity index (χ3v) is 2.99. The number of nitro benzene ring substituents is 1. The van der Waals surface area contributed by atoms with Crippen molar-refractivity contribution in [3.63, 3.8) is 0 Å². The van der Waals surface area contributed by atoms with Crippen LogP contribution in [0.4, 0.5) is 5.69 Å². The van der Waals surface area contributed by atoms with Gasteiger partial charge in [0.2, 0.25) is 0 Å². The van der Waals surface area contributed by atoms with Gasteiger partial charge < -0.3 is 10.4 Å². The van der Waals surface area contributed by atoms with Crippen molar-refractivity contribution in [1.29, 1.82) is 0 Å². The standard InChI is InChI=1S/C13H18N2O4/c1-8(2)12(7-16)14-13(17)11-6-10(15(18)19)5-4-9(11)3/h4-6,8,12,16H,7H2,1-3H3,(H,14,17). The number of aryl methyl sites for hydroxylation is 1. The fourth-order valence-corrected chi connectivity index (χ4v) is 1.64. The summed E-state index contributed by atoms with van der Waals surface area (Å²) in [4.78, 5) is 22.2. The zero-order chi connectivity index (χ0) is 14.6. The van der Waals surface area contributed by atoms with Crippen molar-refractivity contribution in [2.75, 3.05) is 6.61 Å². The number of nitrogens with zero attached hydrogens (tertiary/aromatic N) is 1. The maximum absolute atomic E-state index is 12.1. The number of rotatable bonds is 5. The van der Waals surface area contributed by atoms with Crippen LogP contribution in [0.3, 0.4) is 0 Å². The number of hydrogen-bond acceptors (Lipinski definition) is 4. The first-order valence-electron chi connectivity index (χ1n) is 6.03. The second-order valence-corrected chi connectivity index (χ2v) is 4.76. The molecule has 0 bridgehead atoms. The van der Waals surface area contributed by atoms with Gasteiger partial charge in [0.1, 0.15) is 0 Å². The van der Waals surface area contributed by atoms with E-state index < -0.39 is 10.8 Å². The molecule has 0 saturated carbocycles. The molecule has 0 aliphatic heterocycles. The van der Waals surface area contributed by atoms with Crippen molar-refractivity contribution in [3.05, 3.63) is 39.4 Å². The Hall–Kier alpha value is -1.95. The van der Waals surface area contributed by atoms with E-state index >= 15 is 0 Å². The predicted octanol–water partition coefficient (Wildman–Crippen LogP) is 1.65. The molecule has 0 spiro atoms. The van der Waals surface area contributed by atoms with Crippen LogP contribution in [0.15, 0.2) is 18.2 Å². The molecule has 1 unspecified atom stereocenters. The summed E-state index contributed by atoms with van der Waals surface area (Å²) in [6.07, 6.45) is 0. The minimum Gasteiger partial charge on any atom is -0.394 e. The van der Waals surface area contributed by atoms with Gasteiger partial charge in [-0.1, -0.05) is 19.9 Å². The summed E-state index contributed by atoms with van der Waals surface area (Å²) in [5, 5.41) is 22.6. The number of non-ortho nitro benzene ring substituents is 1. The molecule has 6 heteroatoms. The van der Waals surface area contributed by atoms with Crippen molar-refractivity contribution in [2.24, 2.45) is 5.92 Å². The maximum Gasteiger partial charge on any atom is 0.270 e. The second kappa shape index (κ2) is 6.29. The highest BCUT2D eigenvalue weighted by molar-refractivity contribution is 5.96. The molecular weight excluding hydrogens is 248 g/mol. The van der Waals surface area contributed by atoms with Crippen LogP contribution in [0, 0.1) is 23.0 Å². The fraction of sp³-hybridized carbons (Fsp3) is 0.462. The Bertz CT molecular complexity index is 486. The lowest BCUT2D eigenvalue weighted by molar-refractivity contribution is -0.384. The van der Waals surface area contributed by atoms with Crippen LogP contribution in [0.5, 0.6) is 0 Å². The van der Waals surface area contributed by atoms with Gasteiger partial charge in [-0.05, 0) is 18.4 Å². The van der Waals surface area contributed by atoms with Gasteiger partial charge in [-0.25, -0.2) is 0 Å². The molecule has 104 valence electrons. The largest absolute Gasteiger partial charge is 0.394 e. The summed E-state index contributed by atoms with van der Waals surface area (Å²) < 4.78 is 0. The van der Waals surface area contributed by atoms with Gasteiger partial charge in [-0.2, -0.15) is 0 Å². The second-order valence-electron chi connectivity index (χ2n) is 4.76. The lowest BCUT2D eigenvalue weighted by Crippen LogP contribution is -2.41. The lowest BCUT2D eigenvalue weighted by Gasteiger charge is -2.20. The normalized spacial score (nSPS) is 12.3. The highest BCUT2D eigenvalue weighted by Gasteiger charge is 2.19. The quantitative estimate of drug-likeness (QED) is 0.626. The van der Waals surface area contributed by atoms with E-state index in [0.717, 1.165) is 0 Å². The zero-order valence-electron chi connectivity index (χ0n) is 11.2. The molecule has 0 saturated heterocycles. The summed E-state index contributed by atoms with van der Waals surface area (Å²) >= 11 is 0. The van der Waals surface area contributed by atoms with Gasteiger partial charge in [-0.3, -0.25) is 14.9 Å². The number of carbonyl (C=O) groups is 1. The van der Waals surface area contributed by atoms with E-state index in [-0.39, 0.29) is 29.8 Å². The van der Waals surface area contributed by atoms with Crippen molar-refractivity contribution in [1.82, 2.24) is 5.32 Å². The van der Waals surface area contributed by atoms with Gasteiger partial charge in [-0.15, -0.1) is 0 Å².